The van der Waals surface area contributed by atoms with Gasteiger partial charge in [-0.2, -0.15) is 0 Å². The molecule has 0 bridgehead atoms. The van der Waals surface area contributed by atoms with E-state index in [1.165, 1.54) is 4.88 Å². The maximum atomic E-state index is 2.17. The average Bonchev–Trinajstić information content (AvgIpc) is 2.50. The quantitative estimate of drug-likeness (QED) is 0.597. The van der Waals surface area contributed by atoms with Crippen molar-refractivity contribution in [3.63, 3.8) is 0 Å². The molecule has 0 radical (unpaired) electrons. The van der Waals surface area contributed by atoms with E-state index in [0.29, 0.717) is 0 Å². The lowest BCUT2D eigenvalue weighted by Gasteiger charge is -1.81. The Morgan fingerprint density at radius 3 is 3.00 bits per heavy atom. The summed E-state index contributed by atoms with van der Waals surface area (Å²) in [5, 5.41) is 2.09. The maximum absolute atomic E-state index is 2.17. The third-order valence-corrected chi connectivity index (χ3v) is 2.17. The first kappa shape index (κ1) is 8.28. The summed E-state index contributed by atoms with van der Waals surface area (Å²) < 4.78 is 0. The fourth-order valence-electron chi connectivity index (χ4n) is 0.785. The predicted octanol–water partition coefficient (Wildman–Crippen LogP) is 3.73. The Labute approximate surface area is 71.9 Å². The molecule has 0 N–H and O–H groups in total. The van der Waals surface area contributed by atoms with E-state index in [1.54, 1.807) is 11.3 Å². The Bertz CT molecular complexity index is 229. The van der Waals surface area contributed by atoms with Crippen molar-refractivity contribution in [3.05, 3.63) is 40.6 Å². The van der Waals surface area contributed by atoms with Crippen LogP contribution in [0.1, 0.15) is 18.2 Å². The summed E-state index contributed by atoms with van der Waals surface area (Å²) in [5.74, 6) is 0. The van der Waals surface area contributed by atoms with E-state index >= 15 is 0 Å². The molecule has 0 fully saturated rings. The lowest BCUT2D eigenvalue weighted by atomic mass is 10.3. The van der Waals surface area contributed by atoms with Gasteiger partial charge in [0.05, 0.1) is 0 Å². The van der Waals surface area contributed by atoms with Crippen LogP contribution in [-0.2, 0) is 0 Å². The molecule has 0 aliphatic rings. The Morgan fingerprint density at radius 2 is 2.36 bits per heavy atom. The second-order valence-electron chi connectivity index (χ2n) is 2.22. The molecular weight excluding hydrogens is 152 g/mol. The van der Waals surface area contributed by atoms with Crippen LogP contribution in [0.2, 0.25) is 0 Å². The van der Waals surface area contributed by atoms with Crippen molar-refractivity contribution < 1.29 is 0 Å². The molecule has 1 aromatic rings. The molecule has 0 unspecified atom stereocenters. The van der Waals surface area contributed by atoms with Crippen LogP contribution in [0.3, 0.4) is 0 Å². The lowest BCUT2D eigenvalue weighted by molar-refractivity contribution is 1.39. The number of allylic oxidation sites excluding steroid dienone is 3. The van der Waals surface area contributed by atoms with Crippen LogP contribution >= 0.6 is 11.3 Å². The molecule has 11 heavy (non-hydrogen) atoms. The smallest absolute Gasteiger partial charge is 0.0267 e. The molecule has 0 saturated carbocycles. The Hall–Kier alpha value is -0.820. The van der Waals surface area contributed by atoms with Gasteiger partial charge >= 0.3 is 0 Å². The first-order chi connectivity index (χ1) is 5.43. The summed E-state index contributed by atoms with van der Waals surface area (Å²) in [6.07, 6.45) is 9.58. The van der Waals surface area contributed by atoms with Crippen molar-refractivity contribution >= 4 is 17.4 Å². The van der Waals surface area contributed by atoms with Crippen LogP contribution < -0.4 is 0 Å². The molecule has 0 amide bonds. The van der Waals surface area contributed by atoms with Crippen LogP contribution in [0.25, 0.3) is 6.08 Å². The van der Waals surface area contributed by atoms with Crippen LogP contribution in [0.4, 0.5) is 0 Å². The van der Waals surface area contributed by atoms with Crippen molar-refractivity contribution in [2.75, 3.05) is 0 Å². The van der Waals surface area contributed by atoms with E-state index in [4.69, 9.17) is 0 Å². The van der Waals surface area contributed by atoms with Gasteiger partial charge in [0.15, 0.2) is 0 Å². The van der Waals surface area contributed by atoms with Gasteiger partial charge in [-0.15, -0.1) is 11.3 Å². The van der Waals surface area contributed by atoms with Crippen LogP contribution in [0, 0.1) is 0 Å². The van der Waals surface area contributed by atoms with Gasteiger partial charge in [-0.1, -0.05) is 24.3 Å². The zero-order valence-corrected chi connectivity index (χ0v) is 7.47. The van der Waals surface area contributed by atoms with Crippen molar-refractivity contribution in [3.8, 4) is 0 Å². The lowest BCUT2D eigenvalue weighted by Crippen LogP contribution is -1.57. The highest BCUT2D eigenvalue weighted by Crippen LogP contribution is 2.10. The monoisotopic (exact) mass is 164 g/mol. The molecule has 0 atom stereocenters. The van der Waals surface area contributed by atoms with Gasteiger partial charge in [0.25, 0.3) is 0 Å². The fraction of sp³-hybridized carbons (Fsp3) is 0.200. The Kier molecular flexibility index (Phi) is 3.70. The second-order valence-corrected chi connectivity index (χ2v) is 3.20. The summed E-state index contributed by atoms with van der Waals surface area (Å²) in [4.78, 5) is 1.33. The summed E-state index contributed by atoms with van der Waals surface area (Å²) >= 11 is 1.77. The zero-order chi connectivity index (χ0) is 7.94. The first-order valence-electron chi connectivity index (χ1n) is 3.74. The number of thiophene rings is 1. The third kappa shape index (κ3) is 3.19. The molecular formula is C10H12S. The van der Waals surface area contributed by atoms with Crippen LogP contribution in [-0.4, -0.2) is 0 Å². The van der Waals surface area contributed by atoms with Gasteiger partial charge in [0, 0.05) is 4.88 Å². The second kappa shape index (κ2) is 4.91. The molecule has 0 saturated heterocycles. The molecule has 0 aromatic carbocycles. The van der Waals surface area contributed by atoms with Gasteiger partial charge < -0.3 is 0 Å². The molecule has 0 aliphatic carbocycles. The molecule has 0 spiro atoms. The van der Waals surface area contributed by atoms with E-state index in [0.717, 1.165) is 6.42 Å². The van der Waals surface area contributed by atoms with E-state index < -0.39 is 0 Å². The largest absolute Gasteiger partial charge is 0.144 e. The highest BCUT2D eigenvalue weighted by atomic mass is 32.1. The van der Waals surface area contributed by atoms with Gasteiger partial charge in [0.1, 0.15) is 0 Å². The Balaban J connectivity index is 2.37. The van der Waals surface area contributed by atoms with Gasteiger partial charge in [-0.25, -0.2) is 0 Å². The molecule has 0 nitrogen and oxygen atoms in total. The van der Waals surface area contributed by atoms with E-state index in [9.17, 15) is 0 Å². The fourth-order valence-corrected chi connectivity index (χ4v) is 1.43. The summed E-state index contributed by atoms with van der Waals surface area (Å²) in [6.45, 7) is 2.04. The number of hydrogen-bond acceptors (Lipinski definition) is 1. The normalized spacial score (nSPS) is 11.7. The highest BCUT2D eigenvalue weighted by Gasteiger charge is 1.82. The molecule has 1 rings (SSSR count). The number of rotatable bonds is 3. The molecule has 1 heteroatoms. The zero-order valence-electron chi connectivity index (χ0n) is 6.66. The van der Waals surface area contributed by atoms with Crippen molar-refractivity contribution in [2.45, 2.75) is 13.3 Å². The minimum Gasteiger partial charge on any atom is -0.144 e. The average molecular weight is 164 g/mol. The summed E-state index contributed by atoms with van der Waals surface area (Å²) in [7, 11) is 0. The number of hydrogen-bond donors (Lipinski definition) is 0. The highest BCUT2D eigenvalue weighted by molar-refractivity contribution is 7.10. The van der Waals surface area contributed by atoms with Crippen molar-refractivity contribution in [1.82, 2.24) is 0 Å². The molecule has 1 heterocycles. The van der Waals surface area contributed by atoms with Crippen LogP contribution in [0.5, 0.6) is 0 Å². The SMILES string of the molecule is C/C=C/C/C=C/c1cccs1. The van der Waals surface area contributed by atoms with Crippen molar-refractivity contribution in [1.29, 1.82) is 0 Å². The van der Waals surface area contributed by atoms with E-state index in [-0.39, 0.29) is 0 Å². The summed E-state index contributed by atoms with van der Waals surface area (Å²) in [5.41, 5.74) is 0. The van der Waals surface area contributed by atoms with Gasteiger partial charge in [-0.3, -0.25) is 0 Å². The van der Waals surface area contributed by atoms with E-state index in [2.05, 4.69) is 41.8 Å². The van der Waals surface area contributed by atoms with Crippen LogP contribution in [0.15, 0.2) is 35.7 Å². The minimum atomic E-state index is 1.04. The minimum absolute atomic E-state index is 1.04. The maximum Gasteiger partial charge on any atom is 0.0267 e. The van der Waals surface area contributed by atoms with Crippen molar-refractivity contribution in [2.24, 2.45) is 0 Å². The van der Waals surface area contributed by atoms with E-state index in [1.807, 2.05) is 6.92 Å². The van der Waals surface area contributed by atoms with Gasteiger partial charge in [0.2, 0.25) is 0 Å². The molecule has 58 valence electrons. The predicted molar refractivity (Wildman–Crippen MR) is 52.8 cm³/mol. The molecule has 0 aliphatic heterocycles. The molecule has 1 aromatic heterocycles. The van der Waals surface area contributed by atoms with Gasteiger partial charge in [-0.05, 0) is 30.9 Å². The Morgan fingerprint density at radius 1 is 1.45 bits per heavy atom. The first-order valence-corrected chi connectivity index (χ1v) is 4.62. The third-order valence-electron chi connectivity index (χ3n) is 1.33. The summed E-state index contributed by atoms with van der Waals surface area (Å²) in [6, 6.07) is 4.19. The standard InChI is InChI=1S/C10H12S/c1-2-3-4-5-7-10-8-6-9-11-10/h2-3,5-9H,4H2,1H3/b3-2+,7-5+. The topological polar surface area (TPSA) is 0 Å².